The van der Waals surface area contributed by atoms with E-state index in [1.165, 1.54) is 50.7 Å². The van der Waals surface area contributed by atoms with Crippen LogP contribution in [0.3, 0.4) is 0 Å². The third-order valence-corrected chi connectivity index (χ3v) is 6.98. The maximum absolute atomic E-state index is 11.3. The van der Waals surface area contributed by atoms with Crippen molar-refractivity contribution < 1.29 is 24.5 Å². The monoisotopic (exact) mass is 416 g/mol. The first-order chi connectivity index (χ1) is 14.9. The normalized spacial score (nSPS) is 27.9. The molecule has 4 bridgehead atoms. The molecule has 0 aliphatic heterocycles. The zero-order valence-corrected chi connectivity index (χ0v) is 17.1. The molecule has 2 N–H and O–H groups in total. The van der Waals surface area contributed by atoms with Gasteiger partial charge in [-0.1, -0.05) is 17.9 Å². The molecule has 5 nitrogen and oxygen atoms in total. The minimum atomic E-state index is -1.21. The van der Waals surface area contributed by atoms with E-state index in [0.29, 0.717) is 5.75 Å². The highest BCUT2D eigenvalue weighted by atomic mass is 16.5. The summed E-state index contributed by atoms with van der Waals surface area (Å²) in [6, 6.07) is 11.1. The van der Waals surface area contributed by atoms with Gasteiger partial charge in [-0.2, -0.15) is 0 Å². The third-order valence-electron chi connectivity index (χ3n) is 6.98. The first-order valence-corrected chi connectivity index (χ1v) is 10.8. The highest BCUT2D eigenvalue weighted by Gasteiger charge is 2.50. The molecule has 0 radical (unpaired) electrons. The molecule has 0 unspecified atom stereocenters. The minimum absolute atomic E-state index is 0.132. The Bertz CT molecular complexity index is 1050. The molecule has 2 aromatic carbocycles. The van der Waals surface area contributed by atoms with Crippen molar-refractivity contribution in [2.75, 3.05) is 0 Å². The summed E-state index contributed by atoms with van der Waals surface area (Å²) in [7, 11) is 0. The molecule has 0 aromatic heterocycles. The van der Waals surface area contributed by atoms with Crippen LogP contribution < -0.4 is 4.74 Å². The fourth-order valence-electron chi connectivity index (χ4n) is 6.15. The summed E-state index contributed by atoms with van der Waals surface area (Å²) in [5.74, 6) is 7.79. The summed E-state index contributed by atoms with van der Waals surface area (Å²) in [6.45, 7) is 0. The van der Waals surface area contributed by atoms with Gasteiger partial charge in [0, 0.05) is 11.0 Å². The van der Waals surface area contributed by atoms with Gasteiger partial charge in [0.05, 0.1) is 11.1 Å². The summed E-state index contributed by atoms with van der Waals surface area (Å²) in [6.07, 6.45) is 7.83. The number of carbonyl (C=O) groups is 2. The van der Waals surface area contributed by atoms with Crippen molar-refractivity contribution in [1.29, 1.82) is 0 Å². The molecule has 158 valence electrons. The largest absolute Gasteiger partial charge is 0.478 e. The van der Waals surface area contributed by atoms with Gasteiger partial charge < -0.3 is 14.9 Å². The van der Waals surface area contributed by atoms with Crippen molar-refractivity contribution in [3.63, 3.8) is 0 Å². The predicted octanol–water partition coefficient (Wildman–Crippen LogP) is 5.44. The average molecular weight is 416 g/mol. The maximum Gasteiger partial charge on any atom is 0.335 e. The Balaban J connectivity index is 1.38. The van der Waals surface area contributed by atoms with Gasteiger partial charge in [0.25, 0.3) is 0 Å². The maximum atomic E-state index is 11.3. The van der Waals surface area contributed by atoms with Crippen molar-refractivity contribution in [3.05, 3.63) is 59.2 Å². The van der Waals surface area contributed by atoms with Crippen LogP contribution >= 0.6 is 0 Å². The summed E-state index contributed by atoms with van der Waals surface area (Å²) in [5, 5.41) is 18.5. The first-order valence-electron chi connectivity index (χ1n) is 10.8. The van der Waals surface area contributed by atoms with Crippen LogP contribution in [-0.2, 0) is 0 Å². The second-order valence-electron chi connectivity index (χ2n) is 9.43. The van der Waals surface area contributed by atoms with E-state index in [9.17, 15) is 19.8 Å². The molecular formula is C26H24O5. The molecular weight excluding hydrogens is 392 g/mol. The van der Waals surface area contributed by atoms with E-state index in [2.05, 4.69) is 11.8 Å². The standard InChI is InChI=1S/C26H24O5/c27-24(28)20-10-21(25(29)30)12-23(11-20)31-22-3-1-2-16(9-22)4-5-26-13-17-6-18(14-26)8-19(7-17)15-26/h1-3,9-12,17-19H,6-8,13-15H2,(H,27,28)(H,29,30). The lowest BCUT2D eigenvalue weighted by Gasteiger charge is -2.54. The van der Waals surface area contributed by atoms with Gasteiger partial charge in [-0.3, -0.25) is 0 Å². The molecule has 0 heterocycles. The van der Waals surface area contributed by atoms with Crippen LogP contribution in [0.25, 0.3) is 0 Å². The first kappa shape index (κ1) is 19.7. The number of carboxylic acid groups (broad SMARTS) is 2. The van der Waals surface area contributed by atoms with Gasteiger partial charge >= 0.3 is 11.9 Å². The lowest BCUT2D eigenvalue weighted by atomic mass is 9.50. The van der Waals surface area contributed by atoms with E-state index in [4.69, 9.17) is 4.74 Å². The Hall–Kier alpha value is -3.26. The number of aromatic carboxylic acids is 2. The zero-order valence-electron chi connectivity index (χ0n) is 17.1. The number of ether oxygens (including phenoxy) is 1. The molecule has 5 heteroatoms. The molecule has 4 fully saturated rings. The summed E-state index contributed by atoms with van der Waals surface area (Å²) in [4.78, 5) is 22.6. The van der Waals surface area contributed by atoms with Crippen LogP contribution in [-0.4, -0.2) is 22.2 Å². The van der Waals surface area contributed by atoms with Gasteiger partial charge in [-0.05, 0) is 92.7 Å². The van der Waals surface area contributed by atoms with Gasteiger partial charge in [0.15, 0.2) is 0 Å². The van der Waals surface area contributed by atoms with Gasteiger partial charge in [-0.25, -0.2) is 9.59 Å². The second-order valence-corrected chi connectivity index (χ2v) is 9.43. The van der Waals surface area contributed by atoms with E-state index < -0.39 is 11.9 Å². The molecule has 6 rings (SSSR count). The third kappa shape index (κ3) is 4.03. The van der Waals surface area contributed by atoms with Crippen molar-refractivity contribution in [1.82, 2.24) is 0 Å². The molecule has 31 heavy (non-hydrogen) atoms. The molecule has 4 aliphatic carbocycles. The van der Waals surface area contributed by atoms with Crippen molar-refractivity contribution in [2.45, 2.75) is 38.5 Å². The van der Waals surface area contributed by atoms with Gasteiger partial charge in [-0.15, -0.1) is 0 Å². The Morgan fingerprint density at radius 1 is 0.839 bits per heavy atom. The topological polar surface area (TPSA) is 83.8 Å². The molecule has 4 saturated carbocycles. The Kier molecular flexibility index (Phi) is 4.74. The average Bonchev–Trinajstić information content (AvgIpc) is 2.71. The lowest BCUT2D eigenvalue weighted by molar-refractivity contribution is -0.0181. The SMILES string of the molecule is O=C(O)c1cc(Oc2cccc(C#CC34CC5CC(CC(C5)C3)C4)c2)cc(C(=O)O)c1. The number of hydrogen-bond acceptors (Lipinski definition) is 3. The van der Waals surface area contributed by atoms with E-state index in [-0.39, 0.29) is 22.3 Å². The van der Waals surface area contributed by atoms with Crippen molar-refractivity contribution in [2.24, 2.45) is 23.2 Å². The fraction of sp³-hybridized carbons (Fsp3) is 0.385. The predicted molar refractivity (Wildman–Crippen MR) is 114 cm³/mol. The van der Waals surface area contributed by atoms with Crippen LogP contribution in [0.15, 0.2) is 42.5 Å². The van der Waals surface area contributed by atoms with E-state index in [1.807, 2.05) is 18.2 Å². The van der Waals surface area contributed by atoms with Gasteiger partial charge in [0.2, 0.25) is 0 Å². The van der Waals surface area contributed by atoms with Crippen LogP contribution in [0, 0.1) is 35.0 Å². The minimum Gasteiger partial charge on any atom is -0.478 e. The highest BCUT2D eigenvalue weighted by Crippen LogP contribution is 2.59. The number of hydrogen-bond donors (Lipinski definition) is 2. The van der Waals surface area contributed by atoms with Crippen molar-refractivity contribution >= 4 is 11.9 Å². The van der Waals surface area contributed by atoms with E-state index in [1.54, 1.807) is 6.07 Å². The van der Waals surface area contributed by atoms with Crippen molar-refractivity contribution in [3.8, 4) is 23.3 Å². The van der Waals surface area contributed by atoms with Crippen LogP contribution in [0.2, 0.25) is 0 Å². The highest BCUT2D eigenvalue weighted by molar-refractivity contribution is 5.94. The number of carboxylic acids is 2. The second kappa shape index (κ2) is 7.46. The Morgan fingerprint density at radius 2 is 1.42 bits per heavy atom. The fourth-order valence-corrected chi connectivity index (χ4v) is 6.15. The Morgan fingerprint density at radius 3 is 1.97 bits per heavy atom. The van der Waals surface area contributed by atoms with Crippen LogP contribution in [0.1, 0.15) is 64.8 Å². The molecule has 0 amide bonds. The van der Waals surface area contributed by atoms with E-state index >= 15 is 0 Å². The lowest BCUT2D eigenvalue weighted by Crippen LogP contribution is -2.45. The molecule has 0 saturated heterocycles. The summed E-state index contributed by atoms with van der Waals surface area (Å²) in [5.41, 5.74) is 0.749. The van der Waals surface area contributed by atoms with Crippen LogP contribution in [0.5, 0.6) is 11.5 Å². The summed E-state index contributed by atoms with van der Waals surface area (Å²) >= 11 is 0. The summed E-state index contributed by atoms with van der Waals surface area (Å²) < 4.78 is 5.80. The quantitative estimate of drug-likeness (QED) is 0.648. The number of rotatable bonds is 4. The zero-order chi connectivity index (χ0) is 21.6. The molecule has 2 aromatic rings. The molecule has 0 atom stereocenters. The molecule has 0 spiro atoms. The number of benzene rings is 2. The van der Waals surface area contributed by atoms with E-state index in [0.717, 1.165) is 29.4 Å². The Labute approximate surface area is 181 Å². The smallest absolute Gasteiger partial charge is 0.335 e. The van der Waals surface area contributed by atoms with Crippen LogP contribution in [0.4, 0.5) is 0 Å². The molecule has 4 aliphatic rings. The van der Waals surface area contributed by atoms with Gasteiger partial charge in [0.1, 0.15) is 11.5 Å².